The van der Waals surface area contributed by atoms with Crippen molar-refractivity contribution in [3.05, 3.63) is 35.2 Å². The molecule has 0 unspecified atom stereocenters. The van der Waals surface area contributed by atoms with Crippen LogP contribution in [0.1, 0.15) is 19.2 Å². The summed E-state index contributed by atoms with van der Waals surface area (Å²) in [6.07, 6.45) is 1.12. The number of halogens is 1. The van der Waals surface area contributed by atoms with E-state index in [2.05, 4.69) is 27.3 Å². The van der Waals surface area contributed by atoms with Gasteiger partial charge in [-0.15, -0.1) is 0 Å². The van der Waals surface area contributed by atoms with Crippen molar-refractivity contribution in [1.82, 2.24) is 20.4 Å². The van der Waals surface area contributed by atoms with E-state index < -0.39 is 0 Å². The molecule has 0 radical (unpaired) electrons. The highest BCUT2D eigenvalue weighted by molar-refractivity contribution is 6.30. The van der Waals surface area contributed by atoms with Gasteiger partial charge in [-0.05, 0) is 37.2 Å². The first-order valence-electron chi connectivity index (χ1n) is 7.29. The van der Waals surface area contributed by atoms with Crippen LogP contribution in [-0.4, -0.2) is 40.7 Å². The quantitative estimate of drug-likeness (QED) is 0.889. The lowest BCUT2D eigenvalue weighted by atomic mass is 10.1. The van der Waals surface area contributed by atoms with E-state index in [1.807, 2.05) is 24.3 Å². The average Bonchev–Trinajstić information content (AvgIpc) is 2.86. The molecule has 5 nitrogen and oxygen atoms in total. The van der Waals surface area contributed by atoms with Crippen LogP contribution in [0.5, 0.6) is 0 Å². The Bertz CT molecular complexity index is 580. The molecule has 1 fully saturated rings. The van der Waals surface area contributed by atoms with Crippen LogP contribution >= 0.6 is 11.6 Å². The van der Waals surface area contributed by atoms with Gasteiger partial charge in [0.25, 0.3) is 0 Å². The number of rotatable bonds is 6. The Morgan fingerprint density at radius 2 is 2.10 bits per heavy atom. The minimum Gasteiger partial charge on any atom is -0.338 e. The number of hydrogen-bond donors (Lipinski definition) is 1. The topological polar surface area (TPSA) is 54.2 Å². The summed E-state index contributed by atoms with van der Waals surface area (Å²) >= 11 is 5.89. The summed E-state index contributed by atoms with van der Waals surface area (Å²) in [7, 11) is 0. The highest BCUT2D eigenvalue weighted by Crippen LogP contribution is 2.19. The van der Waals surface area contributed by atoms with Gasteiger partial charge in [0, 0.05) is 29.7 Å². The predicted octanol–water partition coefficient (Wildman–Crippen LogP) is 2.57. The highest BCUT2D eigenvalue weighted by Gasteiger charge is 2.25. The van der Waals surface area contributed by atoms with Crippen LogP contribution in [0.3, 0.4) is 0 Å². The fourth-order valence-electron chi connectivity index (χ4n) is 2.42. The van der Waals surface area contributed by atoms with E-state index in [9.17, 15) is 0 Å². The molecule has 0 spiro atoms. The van der Waals surface area contributed by atoms with Gasteiger partial charge in [-0.3, -0.25) is 4.90 Å². The lowest BCUT2D eigenvalue weighted by molar-refractivity contribution is 0.122. The van der Waals surface area contributed by atoms with E-state index in [0.717, 1.165) is 31.6 Å². The van der Waals surface area contributed by atoms with Crippen LogP contribution in [0.4, 0.5) is 0 Å². The van der Waals surface area contributed by atoms with Gasteiger partial charge in [-0.2, -0.15) is 4.98 Å². The van der Waals surface area contributed by atoms with Crippen molar-refractivity contribution >= 4 is 11.6 Å². The molecule has 6 heteroatoms. The van der Waals surface area contributed by atoms with Crippen molar-refractivity contribution < 1.29 is 4.52 Å². The zero-order valence-corrected chi connectivity index (χ0v) is 12.8. The maximum absolute atomic E-state index is 5.89. The van der Waals surface area contributed by atoms with Crippen LogP contribution in [0.15, 0.2) is 28.8 Å². The number of benzene rings is 1. The maximum Gasteiger partial charge on any atom is 0.241 e. The Hall–Kier alpha value is -1.43. The van der Waals surface area contributed by atoms with Gasteiger partial charge in [0.1, 0.15) is 0 Å². The molecule has 112 valence electrons. The monoisotopic (exact) mass is 306 g/mol. The second-order valence-corrected chi connectivity index (χ2v) is 5.74. The molecule has 1 aromatic carbocycles. The first-order chi connectivity index (χ1) is 10.3. The molecular weight excluding hydrogens is 288 g/mol. The molecule has 0 aliphatic carbocycles. The van der Waals surface area contributed by atoms with E-state index in [-0.39, 0.29) is 0 Å². The molecule has 0 bridgehead atoms. The fourth-order valence-corrected chi connectivity index (χ4v) is 2.54. The standard InChI is InChI=1S/C15H19ClN4O/c1-2-7-20(13-8-17-9-13)10-14-18-15(19-21-14)11-3-5-12(16)6-4-11/h3-6,13,17H,2,7-10H2,1H3. The summed E-state index contributed by atoms with van der Waals surface area (Å²) in [5.41, 5.74) is 0.918. The van der Waals surface area contributed by atoms with Crippen molar-refractivity contribution in [2.24, 2.45) is 0 Å². The van der Waals surface area contributed by atoms with Gasteiger partial charge in [0.05, 0.1) is 6.54 Å². The second kappa shape index (κ2) is 6.56. The Labute approximate surface area is 129 Å². The van der Waals surface area contributed by atoms with Crippen molar-refractivity contribution in [3.8, 4) is 11.4 Å². The highest BCUT2D eigenvalue weighted by atomic mass is 35.5. The number of aromatic nitrogens is 2. The van der Waals surface area contributed by atoms with Gasteiger partial charge in [-0.1, -0.05) is 23.7 Å². The van der Waals surface area contributed by atoms with Crippen molar-refractivity contribution in [2.75, 3.05) is 19.6 Å². The Morgan fingerprint density at radius 3 is 2.71 bits per heavy atom. The van der Waals surface area contributed by atoms with Gasteiger partial charge in [0.2, 0.25) is 11.7 Å². The molecule has 2 heterocycles. The summed E-state index contributed by atoms with van der Waals surface area (Å²) in [6, 6.07) is 8.04. The van der Waals surface area contributed by atoms with Gasteiger partial charge in [-0.25, -0.2) is 0 Å². The normalized spacial score (nSPS) is 15.4. The van der Waals surface area contributed by atoms with Gasteiger partial charge < -0.3 is 9.84 Å². The van der Waals surface area contributed by atoms with E-state index in [1.165, 1.54) is 0 Å². The molecular formula is C15H19ClN4O. The fraction of sp³-hybridized carbons (Fsp3) is 0.467. The van der Waals surface area contributed by atoms with Gasteiger partial charge in [0.15, 0.2) is 0 Å². The molecule has 1 N–H and O–H groups in total. The van der Waals surface area contributed by atoms with Crippen LogP contribution in [0.2, 0.25) is 5.02 Å². The molecule has 1 aliphatic rings. The molecule has 1 aromatic heterocycles. The van der Waals surface area contributed by atoms with Crippen molar-refractivity contribution in [2.45, 2.75) is 25.9 Å². The Balaban J connectivity index is 1.70. The van der Waals surface area contributed by atoms with E-state index in [0.29, 0.717) is 29.3 Å². The smallest absolute Gasteiger partial charge is 0.241 e. The zero-order valence-electron chi connectivity index (χ0n) is 12.1. The minimum absolute atomic E-state index is 0.579. The lowest BCUT2D eigenvalue weighted by Gasteiger charge is -2.37. The summed E-state index contributed by atoms with van der Waals surface area (Å²) in [5, 5.41) is 8.07. The lowest BCUT2D eigenvalue weighted by Crippen LogP contribution is -2.57. The molecule has 21 heavy (non-hydrogen) atoms. The maximum atomic E-state index is 5.89. The molecule has 1 saturated heterocycles. The minimum atomic E-state index is 0.579. The zero-order chi connectivity index (χ0) is 14.7. The second-order valence-electron chi connectivity index (χ2n) is 5.30. The number of hydrogen-bond acceptors (Lipinski definition) is 5. The third kappa shape index (κ3) is 3.43. The SMILES string of the molecule is CCCN(Cc1nc(-c2ccc(Cl)cc2)no1)C1CNC1. The van der Waals surface area contributed by atoms with E-state index in [4.69, 9.17) is 16.1 Å². The van der Waals surface area contributed by atoms with E-state index >= 15 is 0 Å². The van der Waals surface area contributed by atoms with Gasteiger partial charge >= 0.3 is 0 Å². The third-order valence-electron chi connectivity index (χ3n) is 3.70. The number of nitrogens with zero attached hydrogens (tertiary/aromatic N) is 3. The average molecular weight is 307 g/mol. The van der Waals surface area contributed by atoms with Crippen LogP contribution in [0, 0.1) is 0 Å². The molecule has 3 rings (SSSR count). The first kappa shape index (κ1) is 14.5. The first-order valence-corrected chi connectivity index (χ1v) is 7.67. The van der Waals surface area contributed by atoms with Crippen molar-refractivity contribution in [3.63, 3.8) is 0 Å². The molecule has 2 aromatic rings. The van der Waals surface area contributed by atoms with E-state index in [1.54, 1.807) is 0 Å². The number of nitrogens with one attached hydrogen (secondary N) is 1. The summed E-state index contributed by atoms with van der Waals surface area (Å²) in [4.78, 5) is 6.89. The Morgan fingerprint density at radius 1 is 1.33 bits per heavy atom. The summed E-state index contributed by atoms with van der Waals surface area (Å²) in [5.74, 6) is 1.28. The molecule has 0 atom stereocenters. The van der Waals surface area contributed by atoms with Crippen molar-refractivity contribution in [1.29, 1.82) is 0 Å². The molecule has 1 aliphatic heterocycles. The summed E-state index contributed by atoms with van der Waals surface area (Å²) in [6.45, 7) is 6.02. The predicted molar refractivity (Wildman–Crippen MR) is 82.1 cm³/mol. The van der Waals surface area contributed by atoms with Crippen LogP contribution in [0.25, 0.3) is 11.4 Å². The summed E-state index contributed by atoms with van der Waals surface area (Å²) < 4.78 is 5.39. The third-order valence-corrected chi connectivity index (χ3v) is 3.95. The largest absolute Gasteiger partial charge is 0.338 e. The Kier molecular flexibility index (Phi) is 4.53. The van der Waals surface area contributed by atoms with Crippen LogP contribution < -0.4 is 5.32 Å². The molecule has 0 saturated carbocycles. The molecule has 0 amide bonds. The van der Waals surface area contributed by atoms with Crippen LogP contribution in [-0.2, 0) is 6.54 Å².